The van der Waals surface area contributed by atoms with Crippen LogP contribution in [0.1, 0.15) is 36.2 Å². The second-order valence-electron chi connectivity index (χ2n) is 6.98. The Morgan fingerprint density at radius 2 is 2.00 bits per heavy atom. The number of rotatable bonds is 4. The number of aromatic nitrogens is 3. The molecule has 0 saturated carbocycles. The molecule has 27 heavy (non-hydrogen) atoms. The number of pyridine rings is 1. The zero-order chi connectivity index (χ0) is 19.1. The summed E-state index contributed by atoms with van der Waals surface area (Å²) in [6, 6.07) is 2.76. The van der Waals surface area contributed by atoms with Gasteiger partial charge in [0.1, 0.15) is 0 Å². The number of aliphatic carboxylic acids is 1. The lowest BCUT2D eigenvalue weighted by molar-refractivity contribution is -0.144. The Balaban J connectivity index is 1.58. The van der Waals surface area contributed by atoms with Gasteiger partial charge in [-0.15, -0.1) is 0 Å². The molecule has 142 valence electrons. The van der Waals surface area contributed by atoms with Gasteiger partial charge >= 0.3 is 5.97 Å². The summed E-state index contributed by atoms with van der Waals surface area (Å²) >= 11 is 0. The van der Waals surface area contributed by atoms with E-state index in [0.717, 1.165) is 19.0 Å². The van der Waals surface area contributed by atoms with Gasteiger partial charge in [-0.05, 0) is 31.7 Å². The van der Waals surface area contributed by atoms with Crippen molar-refractivity contribution in [1.82, 2.24) is 20.1 Å². The highest BCUT2D eigenvalue weighted by Crippen LogP contribution is 2.39. The number of hydrogen-bond acceptors (Lipinski definition) is 5. The molecule has 8 nitrogen and oxygen atoms in total. The minimum Gasteiger partial charge on any atom is -0.481 e. The van der Waals surface area contributed by atoms with Crippen LogP contribution in [0.2, 0.25) is 0 Å². The number of amides is 1. The topological polar surface area (TPSA) is 108 Å². The van der Waals surface area contributed by atoms with Gasteiger partial charge in [0.2, 0.25) is 5.88 Å². The summed E-state index contributed by atoms with van der Waals surface area (Å²) in [5, 5.41) is 16.0. The predicted molar refractivity (Wildman–Crippen MR) is 91.7 cm³/mol. The van der Waals surface area contributed by atoms with Gasteiger partial charge in [-0.3, -0.25) is 14.7 Å². The maximum atomic E-state index is 14.1. The number of carboxylic acid groups (broad SMARTS) is 1. The van der Waals surface area contributed by atoms with E-state index in [1.54, 1.807) is 4.90 Å². The van der Waals surface area contributed by atoms with Gasteiger partial charge in [0, 0.05) is 23.7 Å². The highest BCUT2D eigenvalue weighted by Gasteiger charge is 2.45. The molecule has 9 heteroatoms. The third-order valence-corrected chi connectivity index (χ3v) is 5.44. The lowest BCUT2D eigenvalue weighted by Crippen LogP contribution is -2.48. The van der Waals surface area contributed by atoms with Crippen molar-refractivity contribution in [2.75, 3.05) is 7.11 Å². The Labute approximate surface area is 154 Å². The first-order valence-electron chi connectivity index (χ1n) is 8.78. The molecule has 4 rings (SSSR count). The summed E-state index contributed by atoms with van der Waals surface area (Å²) in [5.74, 6) is -1.76. The van der Waals surface area contributed by atoms with Crippen LogP contribution >= 0.6 is 0 Å². The third kappa shape index (κ3) is 3.02. The number of fused-ring (bicyclic) bond motifs is 2. The zero-order valence-electron chi connectivity index (χ0n) is 14.7. The monoisotopic (exact) mass is 374 g/mol. The Morgan fingerprint density at radius 3 is 2.63 bits per heavy atom. The molecule has 3 atom stereocenters. The quantitative estimate of drug-likeness (QED) is 0.848. The number of carbonyl (C=O) groups is 2. The number of methoxy groups -OCH3 is 1. The summed E-state index contributed by atoms with van der Waals surface area (Å²) in [6.45, 7) is 0. The number of ether oxygens (including phenoxy) is 1. The zero-order valence-corrected chi connectivity index (χ0v) is 14.7. The van der Waals surface area contributed by atoms with Gasteiger partial charge in [-0.2, -0.15) is 5.10 Å². The van der Waals surface area contributed by atoms with Gasteiger partial charge in [-0.1, -0.05) is 0 Å². The fraction of sp³-hybridized carbons (Fsp3) is 0.444. The number of aromatic amines is 1. The number of halogens is 1. The molecule has 2 aliphatic rings. The van der Waals surface area contributed by atoms with Crippen LogP contribution < -0.4 is 4.74 Å². The molecule has 0 radical (unpaired) electrons. The van der Waals surface area contributed by atoms with E-state index in [-0.39, 0.29) is 35.1 Å². The lowest BCUT2D eigenvalue weighted by atomic mass is 9.90. The number of piperidine rings is 1. The molecule has 0 spiro atoms. The number of carbonyl (C=O) groups excluding carboxylic acids is 1. The minimum absolute atomic E-state index is 0.0877. The molecule has 2 fully saturated rings. The van der Waals surface area contributed by atoms with Crippen molar-refractivity contribution in [3.05, 3.63) is 29.8 Å². The van der Waals surface area contributed by atoms with Gasteiger partial charge in [0.15, 0.2) is 11.5 Å². The van der Waals surface area contributed by atoms with Gasteiger partial charge in [0.05, 0.1) is 24.9 Å². The van der Waals surface area contributed by atoms with Crippen LogP contribution in [0.25, 0.3) is 11.3 Å². The lowest BCUT2D eigenvalue weighted by Gasteiger charge is -2.37. The van der Waals surface area contributed by atoms with E-state index in [1.807, 2.05) is 0 Å². The number of hydrogen-bond donors (Lipinski definition) is 2. The maximum Gasteiger partial charge on any atom is 0.306 e. The van der Waals surface area contributed by atoms with E-state index < -0.39 is 17.7 Å². The van der Waals surface area contributed by atoms with E-state index in [9.17, 15) is 19.1 Å². The van der Waals surface area contributed by atoms with Crippen LogP contribution in [0.15, 0.2) is 18.3 Å². The molecular formula is C18H19FN4O4. The van der Waals surface area contributed by atoms with Crippen molar-refractivity contribution in [2.24, 2.45) is 5.92 Å². The van der Waals surface area contributed by atoms with Crippen molar-refractivity contribution in [3.8, 4) is 17.1 Å². The molecule has 2 aromatic heterocycles. The Kier molecular flexibility index (Phi) is 4.29. The van der Waals surface area contributed by atoms with E-state index in [2.05, 4.69) is 15.2 Å². The fourth-order valence-electron chi connectivity index (χ4n) is 4.15. The summed E-state index contributed by atoms with van der Waals surface area (Å²) in [4.78, 5) is 29.8. The molecule has 4 heterocycles. The molecule has 1 amide bonds. The molecule has 2 bridgehead atoms. The maximum absolute atomic E-state index is 14.1. The summed E-state index contributed by atoms with van der Waals surface area (Å²) < 4.78 is 19.1. The van der Waals surface area contributed by atoms with Gasteiger partial charge < -0.3 is 14.7 Å². The first-order valence-corrected chi connectivity index (χ1v) is 8.78. The average molecular weight is 374 g/mol. The third-order valence-electron chi connectivity index (χ3n) is 5.44. The first-order chi connectivity index (χ1) is 13.0. The summed E-state index contributed by atoms with van der Waals surface area (Å²) in [6.07, 6.45) is 3.57. The Bertz CT molecular complexity index is 885. The highest BCUT2D eigenvalue weighted by molar-refractivity contribution is 5.94. The SMILES string of the molecule is COc1cc(-c2cc(C(=O)N3[C@@H]4CC[C@H]3C[C@H](C(=O)O)C4)n[nH]2)c(F)cn1. The van der Waals surface area contributed by atoms with Crippen LogP contribution in [-0.2, 0) is 4.79 Å². The minimum atomic E-state index is -0.803. The highest BCUT2D eigenvalue weighted by atomic mass is 19.1. The molecule has 2 N–H and O–H groups in total. The van der Waals surface area contributed by atoms with Crippen molar-refractivity contribution >= 4 is 11.9 Å². The molecule has 2 aromatic rings. The molecule has 0 aliphatic carbocycles. The fourth-order valence-corrected chi connectivity index (χ4v) is 4.15. The van der Waals surface area contributed by atoms with Crippen LogP contribution in [0.4, 0.5) is 4.39 Å². The number of nitrogens with zero attached hydrogens (tertiary/aromatic N) is 3. The standard InChI is InChI=1S/C18H19FN4O4/c1-27-16-6-12(13(19)8-20-16)14-7-15(22-21-14)17(24)23-10-2-3-11(23)5-9(4-10)18(25)26/h6-11H,2-5H2,1H3,(H,21,22)(H,25,26)/t9-,10-,11+. The van der Waals surface area contributed by atoms with Crippen molar-refractivity contribution in [3.63, 3.8) is 0 Å². The van der Waals surface area contributed by atoms with Gasteiger partial charge in [-0.25, -0.2) is 9.37 Å². The normalized spacial score (nSPS) is 24.1. The van der Waals surface area contributed by atoms with Crippen molar-refractivity contribution < 1.29 is 23.8 Å². The molecule has 2 saturated heterocycles. The molecule has 0 unspecified atom stereocenters. The van der Waals surface area contributed by atoms with E-state index >= 15 is 0 Å². The van der Waals surface area contributed by atoms with E-state index in [4.69, 9.17) is 4.74 Å². The summed E-state index contributed by atoms with van der Waals surface area (Å²) in [5.41, 5.74) is 0.746. The van der Waals surface area contributed by atoms with Crippen molar-refractivity contribution in [1.29, 1.82) is 0 Å². The molecule has 0 aromatic carbocycles. The van der Waals surface area contributed by atoms with E-state index in [0.29, 0.717) is 18.5 Å². The Hall–Kier alpha value is -2.97. The predicted octanol–water partition coefficient (Wildman–Crippen LogP) is 2.09. The van der Waals surface area contributed by atoms with Gasteiger partial charge in [0.25, 0.3) is 5.91 Å². The molecular weight excluding hydrogens is 355 g/mol. The molecule has 2 aliphatic heterocycles. The Morgan fingerprint density at radius 1 is 1.30 bits per heavy atom. The van der Waals surface area contributed by atoms with Crippen LogP contribution in [0.5, 0.6) is 5.88 Å². The smallest absolute Gasteiger partial charge is 0.306 e. The second kappa shape index (κ2) is 6.64. The van der Waals surface area contributed by atoms with Crippen molar-refractivity contribution in [2.45, 2.75) is 37.8 Å². The summed E-state index contributed by atoms with van der Waals surface area (Å²) in [7, 11) is 1.43. The van der Waals surface area contributed by atoms with Crippen LogP contribution in [-0.4, -0.2) is 56.3 Å². The van der Waals surface area contributed by atoms with Crippen LogP contribution in [0, 0.1) is 11.7 Å². The number of H-pyrrole nitrogens is 1. The average Bonchev–Trinajstić information content (AvgIpc) is 3.24. The number of nitrogens with one attached hydrogen (secondary N) is 1. The first kappa shape index (κ1) is 17.4. The van der Waals surface area contributed by atoms with E-state index in [1.165, 1.54) is 19.2 Å². The number of carboxylic acids is 1. The van der Waals surface area contributed by atoms with Crippen LogP contribution in [0.3, 0.4) is 0 Å². The largest absolute Gasteiger partial charge is 0.481 e. The second-order valence-corrected chi connectivity index (χ2v) is 6.98.